The van der Waals surface area contributed by atoms with Gasteiger partial charge in [-0.2, -0.15) is 0 Å². The molecule has 0 unspecified atom stereocenters. The van der Waals surface area contributed by atoms with E-state index in [0.717, 1.165) is 44.6 Å². The Bertz CT molecular complexity index is 3260. The molecule has 0 atom stereocenters. The van der Waals surface area contributed by atoms with E-state index in [4.69, 9.17) is 15.0 Å². The third kappa shape index (κ3) is 5.73. The van der Waals surface area contributed by atoms with E-state index in [9.17, 15) is 0 Å². The van der Waals surface area contributed by atoms with Crippen LogP contribution in [0.3, 0.4) is 0 Å². The van der Waals surface area contributed by atoms with Crippen molar-refractivity contribution in [1.29, 1.82) is 0 Å². The van der Waals surface area contributed by atoms with Crippen LogP contribution in [0, 0.1) is 0 Å². The highest BCUT2D eigenvalue weighted by Gasteiger charge is 2.19. The fraction of sp³-hybridized carbons (Fsp3) is 0. The van der Waals surface area contributed by atoms with E-state index < -0.39 is 0 Å². The molecule has 11 rings (SSSR count). The number of aromatic nitrogens is 4. The average Bonchev–Trinajstić information content (AvgIpc) is 3.83. The van der Waals surface area contributed by atoms with E-state index in [2.05, 4.69) is 200 Å². The second-order valence-corrected chi connectivity index (χ2v) is 15.5. The van der Waals surface area contributed by atoms with Crippen LogP contribution in [0.2, 0.25) is 0 Å². The van der Waals surface area contributed by atoms with Gasteiger partial charge >= 0.3 is 0 Å². The number of rotatable bonds is 6. The molecule has 0 amide bonds. The molecule has 11 aromatic rings. The van der Waals surface area contributed by atoms with Crippen LogP contribution in [0.1, 0.15) is 0 Å². The van der Waals surface area contributed by atoms with Crippen LogP contribution >= 0.6 is 11.3 Å². The van der Waals surface area contributed by atoms with Gasteiger partial charge in [0.05, 0.1) is 11.0 Å². The molecule has 0 spiro atoms. The Morgan fingerprint density at radius 1 is 0.386 bits per heavy atom. The maximum absolute atomic E-state index is 5.25. The Morgan fingerprint density at radius 3 is 1.68 bits per heavy atom. The first-order chi connectivity index (χ1) is 28.2. The van der Waals surface area contributed by atoms with Crippen molar-refractivity contribution in [1.82, 2.24) is 19.5 Å². The van der Waals surface area contributed by atoms with Crippen molar-refractivity contribution < 1.29 is 0 Å². The van der Waals surface area contributed by atoms with Crippen molar-refractivity contribution in [2.24, 2.45) is 0 Å². The summed E-state index contributed by atoms with van der Waals surface area (Å²) in [5, 5.41) is 4.97. The lowest BCUT2D eigenvalue weighted by Gasteiger charge is -2.13. The zero-order chi connectivity index (χ0) is 37.9. The predicted molar refractivity (Wildman–Crippen MR) is 242 cm³/mol. The summed E-state index contributed by atoms with van der Waals surface area (Å²) in [5.41, 5.74) is 12.1. The molecule has 4 nitrogen and oxygen atoms in total. The van der Waals surface area contributed by atoms with Gasteiger partial charge in [-0.15, -0.1) is 11.3 Å². The van der Waals surface area contributed by atoms with Gasteiger partial charge in [0.1, 0.15) is 7.85 Å². The van der Waals surface area contributed by atoms with Crippen molar-refractivity contribution in [3.63, 3.8) is 0 Å². The number of nitrogens with zero attached hydrogens (tertiary/aromatic N) is 4. The second kappa shape index (κ2) is 13.6. The minimum atomic E-state index is 0.636. The van der Waals surface area contributed by atoms with Crippen LogP contribution in [-0.2, 0) is 0 Å². The highest BCUT2D eigenvalue weighted by Crippen LogP contribution is 2.40. The molecule has 0 N–H and O–H groups in total. The Morgan fingerprint density at radius 2 is 0.930 bits per heavy atom. The van der Waals surface area contributed by atoms with Crippen molar-refractivity contribution in [3.8, 4) is 62.1 Å². The Labute approximate surface area is 334 Å². The summed E-state index contributed by atoms with van der Waals surface area (Å²) in [7, 11) is 2.11. The van der Waals surface area contributed by atoms with Crippen molar-refractivity contribution in [2.75, 3.05) is 0 Å². The van der Waals surface area contributed by atoms with Crippen molar-refractivity contribution >= 4 is 66.6 Å². The number of benzene rings is 8. The molecule has 0 saturated heterocycles. The predicted octanol–water partition coefficient (Wildman–Crippen LogP) is 11.9. The van der Waals surface area contributed by atoms with Gasteiger partial charge in [-0.3, -0.25) is 0 Å². The summed E-state index contributed by atoms with van der Waals surface area (Å²) in [4.78, 5) is 15.7. The first-order valence-corrected chi connectivity index (χ1v) is 20.0. The van der Waals surface area contributed by atoms with Gasteiger partial charge < -0.3 is 4.57 Å². The fourth-order valence-corrected chi connectivity index (χ4v) is 9.38. The normalized spacial score (nSPS) is 11.6. The molecule has 0 aliphatic carbocycles. The maximum Gasteiger partial charge on any atom is 0.165 e. The Kier molecular flexibility index (Phi) is 7.90. The highest BCUT2D eigenvalue weighted by atomic mass is 32.1. The quantitative estimate of drug-likeness (QED) is 0.159. The lowest BCUT2D eigenvalue weighted by atomic mass is 9.92. The fourth-order valence-electron chi connectivity index (χ4n) is 8.17. The number of hydrogen-bond donors (Lipinski definition) is 0. The molecule has 0 bridgehead atoms. The Hall–Kier alpha value is -7.15. The molecule has 0 fully saturated rings. The molecule has 3 heterocycles. The van der Waals surface area contributed by atoms with E-state index in [-0.39, 0.29) is 0 Å². The lowest BCUT2D eigenvalue weighted by molar-refractivity contribution is 1.08. The molecule has 0 aliphatic rings. The molecule has 3 aromatic heterocycles. The summed E-state index contributed by atoms with van der Waals surface area (Å²) in [6.45, 7) is 0. The Balaban J connectivity index is 1.04. The van der Waals surface area contributed by atoms with Gasteiger partial charge in [-0.1, -0.05) is 157 Å². The van der Waals surface area contributed by atoms with Gasteiger partial charge in [0.25, 0.3) is 0 Å². The molecule has 0 radical (unpaired) electrons. The standard InChI is InChI=1S/C51H33BN4S/c52-36-29-27-33(28-30-36)38-13-1-2-17-43(38)50-53-49(54-51(55-50)44-19-10-18-42-41-16-5-8-22-47(41)57-48(42)44)34-25-23-32(24-26-34)35-11-9-12-37(31-35)56-45-20-6-3-14-39(45)40-15-4-7-21-46(40)56/h1-31H,52H2. The number of thiophene rings is 1. The highest BCUT2D eigenvalue weighted by molar-refractivity contribution is 7.26. The van der Waals surface area contributed by atoms with Crippen LogP contribution in [0.15, 0.2) is 188 Å². The number of para-hydroxylation sites is 2. The molecule has 57 heavy (non-hydrogen) atoms. The summed E-state index contributed by atoms with van der Waals surface area (Å²) in [6.07, 6.45) is 0. The minimum Gasteiger partial charge on any atom is -0.309 e. The SMILES string of the molecule is Bc1ccc(-c2ccccc2-c2nc(-c3ccc(-c4cccc(-n5c6ccccc6c6ccccc65)c4)cc3)nc(-c3cccc4c3sc3ccccc34)n2)cc1. The smallest absolute Gasteiger partial charge is 0.165 e. The monoisotopic (exact) mass is 744 g/mol. The van der Waals surface area contributed by atoms with E-state index in [0.29, 0.717) is 17.5 Å². The molecule has 6 heteroatoms. The van der Waals surface area contributed by atoms with E-state index in [1.165, 1.54) is 47.4 Å². The molecule has 266 valence electrons. The van der Waals surface area contributed by atoms with Crippen LogP contribution in [-0.4, -0.2) is 27.4 Å². The first kappa shape index (κ1) is 33.2. The molecule has 0 saturated carbocycles. The minimum absolute atomic E-state index is 0.636. The molecule has 8 aromatic carbocycles. The topological polar surface area (TPSA) is 43.6 Å². The van der Waals surface area contributed by atoms with Gasteiger partial charge in [0.2, 0.25) is 0 Å². The molecular formula is C51H33BN4S. The summed E-state index contributed by atoms with van der Waals surface area (Å²) in [5.74, 6) is 1.94. The zero-order valence-electron chi connectivity index (χ0n) is 31.1. The average molecular weight is 745 g/mol. The van der Waals surface area contributed by atoms with Gasteiger partial charge in [-0.05, 0) is 58.7 Å². The van der Waals surface area contributed by atoms with Gasteiger partial charge in [-0.25, -0.2) is 15.0 Å². The number of hydrogen-bond acceptors (Lipinski definition) is 4. The van der Waals surface area contributed by atoms with Crippen molar-refractivity contribution in [2.45, 2.75) is 0 Å². The number of fused-ring (bicyclic) bond motifs is 6. The third-order valence-electron chi connectivity index (χ3n) is 11.0. The summed E-state index contributed by atoms with van der Waals surface area (Å²) in [6, 6.07) is 66.8. The first-order valence-electron chi connectivity index (χ1n) is 19.2. The van der Waals surface area contributed by atoms with Crippen LogP contribution in [0.4, 0.5) is 0 Å². The van der Waals surface area contributed by atoms with Crippen LogP contribution in [0.25, 0.3) is 104 Å². The van der Waals surface area contributed by atoms with E-state index in [1.54, 1.807) is 11.3 Å². The molecular weight excluding hydrogens is 711 g/mol. The zero-order valence-corrected chi connectivity index (χ0v) is 31.9. The third-order valence-corrected chi connectivity index (χ3v) is 12.2. The largest absolute Gasteiger partial charge is 0.309 e. The lowest BCUT2D eigenvalue weighted by Crippen LogP contribution is -2.02. The second-order valence-electron chi connectivity index (χ2n) is 14.5. The van der Waals surface area contributed by atoms with E-state index in [1.807, 2.05) is 0 Å². The molecule has 0 aliphatic heterocycles. The van der Waals surface area contributed by atoms with Crippen LogP contribution in [0.5, 0.6) is 0 Å². The maximum atomic E-state index is 5.25. The van der Waals surface area contributed by atoms with Crippen LogP contribution < -0.4 is 5.46 Å². The van der Waals surface area contributed by atoms with Gasteiger partial charge in [0.15, 0.2) is 17.5 Å². The summed E-state index contributed by atoms with van der Waals surface area (Å²) < 4.78 is 4.78. The van der Waals surface area contributed by atoms with Gasteiger partial charge in [0, 0.05) is 53.3 Å². The van der Waals surface area contributed by atoms with E-state index >= 15 is 0 Å². The van der Waals surface area contributed by atoms with Crippen molar-refractivity contribution in [3.05, 3.63) is 188 Å². The summed E-state index contributed by atoms with van der Waals surface area (Å²) >= 11 is 1.79.